The van der Waals surface area contributed by atoms with Gasteiger partial charge < -0.3 is 13.3 Å². The van der Waals surface area contributed by atoms with Gasteiger partial charge in [0.2, 0.25) is 0 Å². The molecule has 0 aliphatic carbocycles. The molecule has 0 spiro atoms. The van der Waals surface area contributed by atoms with Crippen LogP contribution >= 0.6 is 23.4 Å². The van der Waals surface area contributed by atoms with Gasteiger partial charge in [0.1, 0.15) is 0 Å². The number of benzene rings is 1. The Morgan fingerprint density at radius 3 is 2.16 bits per heavy atom. The molecule has 138 valence electrons. The van der Waals surface area contributed by atoms with Crippen LogP contribution in [0.5, 0.6) is 0 Å². The maximum Gasteiger partial charge on any atom is 0.530 e. The van der Waals surface area contributed by atoms with E-state index in [-0.39, 0.29) is 0 Å². The molecule has 4 nitrogen and oxygen atoms in total. The van der Waals surface area contributed by atoms with Crippen LogP contribution in [0.15, 0.2) is 39.8 Å². The van der Waals surface area contributed by atoms with Crippen molar-refractivity contribution in [3.8, 4) is 6.07 Å². The molecule has 0 saturated carbocycles. The van der Waals surface area contributed by atoms with Crippen LogP contribution in [0.2, 0.25) is 5.02 Å². The van der Waals surface area contributed by atoms with Crippen LogP contribution in [-0.4, -0.2) is 28.6 Å². The molecule has 0 atom stereocenters. The largest absolute Gasteiger partial charge is 0.530 e. The first kappa shape index (κ1) is 22.2. The maximum atomic E-state index is 8.83. The van der Waals surface area contributed by atoms with Gasteiger partial charge in [-0.3, -0.25) is 0 Å². The molecule has 25 heavy (non-hydrogen) atoms. The second-order valence-electron chi connectivity index (χ2n) is 5.08. The van der Waals surface area contributed by atoms with Crippen molar-refractivity contribution in [2.45, 2.75) is 44.9 Å². The van der Waals surface area contributed by atoms with Crippen LogP contribution in [-0.2, 0) is 13.3 Å². The summed E-state index contributed by atoms with van der Waals surface area (Å²) in [5, 5.41) is 9.54. The molecule has 0 heterocycles. The van der Waals surface area contributed by atoms with Crippen LogP contribution in [0.4, 0.5) is 0 Å². The summed E-state index contributed by atoms with van der Waals surface area (Å²) in [5.74, 6) is 0. The van der Waals surface area contributed by atoms with Crippen molar-refractivity contribution in [1.29, 1.82) is 5.26 Å². The van der Waals surface area contributed by atoms with E-state index < -0.39 is 8.80 Å². The lowest BCUT2D eigenvalue weighted by Gasteiger charge is -2.26. The van der Waals surface area contributed by atoms with Gasteiger partial charge in [-0.1, -0.05) is 23.4 Å². The Hall–Kier alpha value is -0.813. The minimum absolute atomic E-state index is 0.519. The van der Waals surface area contributed by atoms with Crippen LogP contribution in [0, 0.1) is 11.3 Å². The van der Waals surface area contributed by atoms with Crippen LogP contribution in [0.3, 0.4) is 0 Å². The normalized spacial score (nSPS) is 12.2. The van der Waals surface area contributed by atoms with E-state index in [1.807, 2.05) is 50.7 Å². The van der Waals surface area contributed by atoms with Gasteiger partial charge in [0.05, 0.1) is 6.07 Å². The Kier molecular flexibility index (Phi) is 11.1. The zero-order chi connectivity index (χ0) is 18.5. The van der Waals surface area contributed by atoms with Crippen molar-refractivity contribution in [2.24, 2.45) is 0 Å². The van der Waals surface area contributed by atoms with Crippen LogP contribution < -0.4 is 0 Å². The molecule has 0 bridgehead atoms. The van der Waals surface area contributed by atoms with E-state index in [1.54, 1.807) is 11.8 Å². The van der Waals surface area contributed by atoms with Crippen molar-refractivity contribution in [3.05, 3.63) is 39.9 Å². The highest BCUT2D eigenvalue weighted by Gasteiger charge is 2.38. The van der Waals surface area contributed by atoms with E-state index in [0.29, 0.717) is 31.3 Å². The second-order valence-corrected chi connectivity index (χ2v) is 9.08. The molecular weight excluding hydrogens is 374 g/mol. The minimum atomic E-state index is -2.88. The minimum Gasteiger partial charge on any atom is -0.371 e. The maximum absolute atomic E-state index is 8.83. The predicted octanol–water partition coefficient (Wildman–Crippen LogP) is 5.60. The highest BCUT2D eigenvalue weighted by molar-refractivity contribution is 8.03. The Morgan fingerprint density at radius 1 is 1.12 bits per heavy atom. The Bertz CT molecular complexity index is 558. The van der Waals surface area contributed by atoms with Crippen LogP contribution in [0.1, 0.15) is 40.0 Å². The van der Waals surface area contributed by atoms with E-state index >= 15 is 0 Å². The second kappa shape index (κ2) is 12.5. The smallest absolute Gasteiger partial charge is 0.371 e. The van der Waals surface area contributed by atoms with Crippen molar-refractivity contribution < 1.29 is 13.3 Å². The first-order valence-corrected chi connectivity index (χ1v) is 11.5. The van der Waals surface area contributed by atoms with Crippen molar-refractivity contribution in [1.82, 2.24) is 0 Å². The van der Waals surface area contributed by atoms with Crippen LogP contribution in [0.25, 0.3) is 0 Å². The number of halogens is 1. The van der Waals surface area contributed by atoms with Gasteiger partial charge in [-0.25, -0.2) is 0 Å². The van der Waals surface area contributed by atoms with Gasteiger partial charge in [-0.05, 0) is 68.5 Å². The number of thioether (sulfide) groups is 1. The van der Waals surface area contributed by atoms with E-state index in [4.69, 9.17) is 30.1 Å². The molecule has 0 N–H and O–H groups in total. The SMILES string of the molecule is CCO[Si](/C=C(/CCCC#N)Sc1ccc(Cl)cc1)(OCC)OCC. The Balaban J connectivity index is 3.08. The summed E-state index contributed by atoms with van der Waals surface area (Å²) in [7, 11) is -2.88. The van der Waals surface area contributed by atoms with Gasteiger partial charge in [0, 0.05) is 36.2 Å². The van der Waals surface area contributed by atoms with E-state index in [2.05, 4.69) is 6.07 Å². The number of nitriles is 1. The van der Waals surface area contributed by atoms with Gasteiger partial charge in [0.15, 0.2) is 0 Å². The fraction of sp³-hybridized carbons (Fsp3) is 0.500. The summed E-state index contributed by atoms with van der Waals surface area (Å²) >= 11 is 7.61. The highest BCUT2D eigenvalue weighted by Crippen LogP contribution is 2.33. The van der Waals surface area contributed by atoms with Crippen molar-refractivity contribution in [3.63, 3.8) is 0 Å². The monoisotopic (exact) mass is 399 g/mol. The standard InChI is InChI=1S/C18H26ClNO3SSi/c1-4-21-25(22-5-2,23-6-3)15-18(9-7-8-14-20)24-17-12-10-16(19)11-13-17/h10-13,15H,4-9H2,1-3H3/b18-15-. The zero-order valence-corrected chi connectivity index (χ0v) is 17.7. The summed E-state index contributed by atoms with van der Waals surface area (Å²) < 4.78 is 17.8. The molecule has 0 amide bonds. The average molecular weight is 400 g/mol. The van der Waals surface area contributed by atoms with Gasteiger partial charge in [-0.2, -0.15) is 5.26 Å². The third kappa shape index (κ3) is 8.41. The third-order valence-corrected chi connectivity index (χ3v) is 7.48. The van der Waals surface area contributed by atoms with E-state index in [1.165, 1.54) is 0 Å². The third-order valence-electron chi connectivity index (χ3n) is 3.15. The van der Waals surface area contributed by atoms with Crippen molar-refractivity contribution >= 4 is 32.2 Å². The van der Waals surface area contributed by atoms with Gasteiger partial charge in [-0.15, -0.1) is 0 Å². The molecule has 0 unspecified atom stereocenters. The number of hydrogen-bond acceptors (Lipinski definition) is 5. The highest BCUT2D eigenvalue weighted by atomic mass is 35.5. The van der Waals surface area contributed by atoms with Gasteiger partial charge >= 0.3 is 8.80 Å². The Morgan fingerprint density at radius 2 is 1.68 bits per heavy atom. The molecule has 1 aromatic carbocycles. The summed E-state index contributed by atoms with van der Waals surface area (Å²) in [6.45, 7) is 7.40. The lowest BCUT2D eigenvalue weighted by atomic mass is 10.2. The number of hydrogen-bond donors (Lipinski definition) is 0. The molecule has 0 aliphatic heterocycles. The number of allylic oxidation sites excluding steroid dienone is 1. The number of unbranched alkanes of at least 4 members (excludes halogenated alkanes) is 1. The first-order chi connectivity index (χ1) is 12.1. The molecule has 0 aliphatic rings. The number of rotatable bonds is 12. The quantitative estimate of drug-likeness (QED) is 0.260. The molecule has 0 saturated heterocycles. The first-order valence-electron chi connectivity index (χ1n) is 8.53. The number of nitrogens with zero attached hydrogens (tertiary/aromatic N) is 1. The molecule has 0 fully saturated rings. The lowest BCUT2D eigenvalue weighted by molar-refractivity contribution is 0.0841. The zero-order valence-electron chi connectivity index (χ0n) is 15.1. The molecule has 0 aromatic heterocycles. The fourth-order valence-electron chi connectivity index (χ4n) is 2.20. The molecule has 1 rings (SSSR count). The average Bonchev–Trinajstić information content (AvgIpc) is 2.58. The fourth-order valence-corrected chi connectivity index (χ4v) is 6.06. The Labute approximate surface area is 161 Å². The van der Waals surface area contributed by atoms with Gasteiger partial charge in [0.25, 0.3) is 0 Å². The molecule has 7 heteroatoms. The molecule has 1 aromatic rings. The summed E-state index contributed by atoms with van der Waals surface area (Å²) in [6.07, 6.45) is 2.09. The van der Waals surface area contributed by atoms with E-state index in [0.717, 1.165) is 22.6 Å². The summed E-state index contributed by atoms with van der Waals surface area (Å²) in [4.78, 5) is 2.18. The molecule has 0 radical (unpaired) electrons. The van der Waals surface area contributed by atoms with Crippen molar-refractivity contribution in [2.75, 3.05) is 19.8 Å². The molecular formula is C18H26ClNO3SSi. The lowest BCUT2D eigenvalue weighted by Crippen LogP contribution is -2.44. The predicted molar refractivity (Wildman–Crippen MR) is 105 cm³/mol. The summed E-state index contributed by atoms with van der Waals surface area (Å²) in [6, 6.07) is 9.90. The summed E-state index contributed by atoms with van der Waals surface area (Å²) in [5.41, 5.74) is 2.03. The van der Waals surface area contributed by atoms with E-state index in [9.17, 15) is 0 Å². The topological polar surface area (TPSA) is 51.5 Å².